The predicted octanol–water partition coefficient (Wildman–Crippen LogP) is 7.36. The number of hydrogen-bond donors (Lipinski definition) is 1. The van der Waals surface area contributed by atoms with Crippen LogP contribution < -0.4 is 19.7 Å². The number of benzene rings is 3. The second-order valence-electron chi connectivity index (χ2n) is 9.54. The van der Waals surface area contributed by atoms with Gasteiger partial charge in [-0.2, -0.15) is 0 Å². The van der Waals surface area contributed by atoms with Crippen molar-refractivity contribution in [1.82, 2.24) is 5.32 Å². The fourth-order valence-electron chi connectivity index (χ4n) is 3.93. The third kappa shape index (κ3) is 10.8. The van der Waals surface area contributed by atoms with Gasteiger partial charge in [0.1, 0.15) is 11.5 Å². The minimum atomic E-state index is -0.565. The molecule has 0 saturated carbocycles. The number of unbranched alkanes of at least 4 members (excludes halogenated alkanes) is 5. The van der Waals surface area contributed by atoms with Gasteiger partial charge in [0.2, 0.25) is 5.91 Å². The smallest absolute Gasteiger partial charge is 0.345 e. The molecule has 0 unspecified atom stereocenters. The zero-order valence-corrected chi connectivity index (χ0v) is 24.1. The maximum Gasteiger partial charge on any atom is 0.345 e. The zero-order chi connectivity index (χ0) is 28.0. The van der Waals surface area contributed by atoms with Crippen LogP contribution in [-0.2, 0) is 11.2 Å². The monoisotopic (exact) mass is 570 g/mol. The first-order chi connectivity index (χ1) is 18.8. The fourth-order valence-corrected chi connectivity index (χ4v) is 4.30. The molecule has 0 saturated heterocycles. The summed E-state index contributed by atoms with van der Waals surface area (Å²) in [7, 11) is 4.00. The number of ether oxygens (including phenoxy) is 2. The lowest BCUT2D eigenvalue weighted by Crippen LogP contribution is -2.26. The van der Waals surface area contributed by atoms with Gasteiger partial charge in [-0.05, 0) is 73.0 Å². The number of anilines is 1. The minimum Gasteiger partial charge on any atom is -0.494 e. The Hall–Kier alpha value is -3.22. The third-order valence-corrected chi connectivity index (χ3v) is 6.73. The molecule has 0 heterocycles. The van der Waals surface area contributed by atoms with Crippen LogP contribution in [0.1, 0.15) is 54.4 Å². The second-order valence-corrected chi connectivity index (χ2v) is 10.4. The topological polar surface area (TPSA) is 67.9 Å². The maximum absolute atomic E-state index is 12.3. The van der Waals surface area contributed by atoms with E-state index < -0.39 is 5.97 Å². The summed E-state index contributed by atoms with van der Waals surface area (Å²) in [6.07, 6.45) is 6.83. The highest BCUT2D eigenvalue weighted by Gasteiger charge is 2.13. The van der Waals surface area contributed by atoms with Crippen LogP contribution in [0.15, 0.2) is 66.7 Å². The van der Waals surface area contributed by atoms with Gasteiger partial charge in [0, 0.05) is 31.4 Å². The number of amides is 1. The molecular formula is C31H36Cl2N2O4. The molecule has 3 aromatic carbocycles. The van der Waals surface area contributed by atoms with Crippen LogP contribution in [0.25, 0.3) is 0 Å². The number of nitrogens with zero attached hydrogens (tertiary/aromatic N) is 1. The number of carbonyl (C=O) groups is 2. The fraction of sp³-hybridized carbons (Fsp3) is 0.355. The van der Waals surface area contributed by atoms with E-state index in [4.69, 9.17) is 32.7 Å². The molecule has 0 fully saturated rings. The van der Waals surface area contributed by atoms with Crippen molar-refractivity contribution in [2.24, 2.45) is 0 Å². The van der Waals surface area contributed by atoms with Crippen molar-refractivity contribution in [2.75, 3.05) is 32.1 Å². The van der Waals surface area contributed by atoms with Gasteiger partial charge in [0.15, 0.2) is 0 Å². The first kappa shape index (κ1) is 30.3. The zero-order valence-electron chi connectivity index (χ0n) is 22.6. The highest BCUT2D eigenvalue weighted by Crippen LogP contribution is 2.24. The number of rotatable bonds is 15. The summed E-state index contributed by atoms with van der Waals surface area (Å²) in [6, 6.07) is 19.6. The van der Waals surface area contributed by atoms with Gasteiger partial charge < -0.3 is 19.7 Å². The van der Waals surface area contributed by atoms with Crippen LogP contribution in [0.5, 0.6) is 11.5 Å². The van der Waals surface area contributed by atoms with Gasteiger partial charge in [-0.15, -0.1) is 0 Å². The van der Waals surface area contributed by atoms with Crippen LogP contribution in [0.2, 0.25) is 10.0 Å². The van der Waals surface area contributed by atoms with Gasteiger partial charge in [-0.3, -0.25) is 4.79 Å². The molecular weight excluding hydrogens is 535 g/mol. The van der Waals surface area contributed by atoms with Crippen molar-refractivity contribution in [3.05, 3.63) is 87.9 Å². The lowest BCUT2D eigenvalue weighted by molar-refractivity contribution is -0.120. The molecule has 39 heavy (non-hydrogen) atoms. The van der Waals surface area contributed by atoms with Crippen LogP contribution >= 0.6 is 23.2 Å². The molecule has 0 bridgehead atoms. The molecule has 1 amide bonds. The largest absolute Gasteiger partial charge is 0.494 e. The van der Waals surface area contributed by atoms with Gasteiger partial charge >= 0.3 is 5.97 Å². The summed E-state index contributed by atoms with van der Waals surface area (Å²) < 4.78 is 11.2. The van der Waals surface area contributed by atoms with Crippen LogP contribution in [0.3, 0.4) is 0 Å². The van der Waals surface area contributed by atoms with E-state index in [1.54, 1.807) is 36.4 Å². The molecule has 1 N–H and O–H groups in total. The predicted molar refractivity (Wildman–Crippen MR) is 159 cm³/mol. The molecule has 3 rings (SSSR count). The summed E-state index contributed by atoms with van der Waals surface area (Å²) in [6.45, 7) is 1.35. The molecule has 0 aromatic heterocycles. The maximum atomic E-state index is 12.3. The summed E-state index contributed by atoms with van der Waals surface area (Å²) in [5.41, 5.74) is 2.37. The number of nitrogens with one attached hydrogen (secondary N) is 1. The summed E-state index contributed by atoms with van der Waals surface area (Å²) in [5.74, 6) is 0.629. The molecule has 208 valence electrons. The van der Waals surface area contributed by atoms with Crippen molar-refractivity contribution in [3.63, 3.8) is 0 Å². The van der Waals surface area contributed by atoms with Gasteiger partial charge in [0.05, 0.1) is 23.6 Å². The number of carbonyl (C=O) groups excluding carboxylic acids is 2. The average Bonchev–Trinajstić information content (AvgIpc) is 2.92. The van der Waals surface area contributed by atoms with Crippen LogP contribution in [-0.4, -0.2) is 39.1 Å². The lowest BCUT2D eigenvalue weighted by Gasteiger charge is -2.12. The molecule has 3 aromatic rings. The minimum absolute atomic E-state index is 0.0708. The standard InChI is InChI=1S/C31H36Cl2N2O4/c1-35(2)25-12-9-23(10-13-25)21-30(36)34-19-7-5-3-4-6-8-20-38-26-14-16-27(17-15-26)39-31(37)28-22-24(32)11-18-29(28)33/h9-18,22H,3-8,19-21H2,1-2H3,(H,34,36). The molecule has 0 aliphatic heterocycles. The Morgan fingerprint density at radius 1 is 0.795 bits per heavy atom. The van der Waals surface area contributed by atoms with Crippen molar-refractivity contribution in [2.45, 2.75) is 44.9 Å². The van der Waals surface area contributed by atoms with Crippen molar-refractivity contribution in [3.8, 4) is 11.5 Å². The van der Waals surface area contributed by atoms with Crippen LogP contribution in [0, 0.1) is 0 Å². The quantitative estimate of drug-likeness (QED) is 0.117. The van der Waals surface area contributed by atoms with Crippen molar-refractivity contribution < 1.29 is 19.1 Å². The van der Waals surface area contributed by atoms with E-state index >= 15 is 0 Å². The van der Waals surface area contributed by atoms with Crippen molar-refractivity contribution in [1.29, 1.82) is 0 Å². The summed E-state index contributed by atoms with van der Waals surface area (Å²) in [4.78, 5) is 26.5. The number of esters is 1. The van der Waals surface area contributed by atoms with E-state index in [1.807, 2.05) is 43.3 Å². The molecule has 0 atom stereocenters. The molecule has 0 radical (unpaired) electrons. The SMILES string of the molecule is CN(C)c1ccc(CC(=O)NCCCCCCCCOc2ccc(OC(=O)c3cc(Cl)ccc3Cl)cc2)cc1. The van der Waals surface area contributed by atoms with Gasteiger partial charge in [-0.25, -0.2) is 4.79 Å². The Morgan fingerprint density at radius 2 is 1.44 bits per heavy atom. The number of hydrogen-bond acceptors (Lipinski definition) is 5. The molecule has 8 heteroatoms. The Bertz CT molecular complexity index is 1200. The van der Waals surface area contributed by atoms with Crippen LogP contribution in [0.4, 0.5) is 5.69 Å². The van der Waals surface area contributed by atoms with E-state index in [1.165, 1.54) is 6.07 Å². The van der Waals surface area contributed by atoms with E-state index in [-0.39, 0.29) is 16.5 Å². The Labute approximate surface area is 241 Å². The first-order valence-corrected chi connectivity index (χ1v) is 14.0. The Kier molecular flexibility index (Phi) is 12.5. The van der Waals surface area contributed by atoms with E-state index in [2.05, 4.69) is 5.32 Å². The van der Waals surface area contributed by atoms with E-state index in [9.17, 15) is 9.59 Å². The average molecular weight is 572 g/mol. The summed E-state index contributed by atoms with van der Waals surface area (Å²) in [5, 5.41) is 3.72. The number of halogens is 2. The highest BCUT2D eigenvalue weighted by molar-refractivity contribution is 6.35. The van der Waals surface area contributed by atoms with Gasteiger partial charge in [0.25, 0.3) is 0 Å². The Balaban J connectivity index is 1.20. The van der Waals surface area contributed by atoms with E-state index in [0.29, 0.717) is 23.8 Å². The van der Waals surface area contributed by atoms with Crippen molar-refractivity contribution >= 4 is 40.8 Å². The second kappa shape index (κ2) is 16.0. The first-order valence-electron chi connectivity index (χ1n) is 13.2. The molecule has 0 aliphatic rings. The summed E-state index contributed by atoms with van der Waals surface area (Å²) >= 11 is 12.0. The third-order valence-electron chi connectivity index (χ3n) is 6.16. The molecule has 6 nitrogen and oxygen atoms in total. The Morgan fingerprint density at radius 3 is 2.13 bits per heavy atom. The molecule has 0 spiro atoms. The lowest BCUT2D eigenvalue weighted by atomic mass is 10.1. The molecule has 0 aliphatic carbocycles. The van der Waals surface area contributed by atoms with E-state index in [0.717, 1.165) is 62.1 Å². The van der Waals surface area contributed by atoms with Gasteiger partial charge in [-0.1, -0.05) is 61.0 Å². The normalized spacial score (nSPS) is 10.7. The highest BCUT2D eigenvalue weighted by atomic mass is 35.5.